The molecule has 0 N–H and O–H groups in total. The number of likely N-dealkylation sites (N-methyl/N-ethyl adjacent to an activating group) is 1. The molecular formula is C19H29N5O2. The normalized spacial score (nSPS) is 26.5. The molecule has 1 aromatic heterocycles. The van der Waals surface area contributed by atoms with Crippen molar-refractivity contribution in [2.75, 3.05) is 49.6 Å². The molecule has 26 heavy (non-hydrogen) atoms. The first-order valence-electron chi connectivity index (χ1n) is 9.90. The molecule has 0 bridgehead atoms. The molecule has 1 spiro atoms. The summed E-state index contributed by atoms with van der Waals surface area (Å²) in [6.07, 6.45) is 5.95. The molecule has 0 saturated carbocycles. The zero-order chi connectivity index (χ0) is 18.1. The van der Waals surface area contributed by atoms with E-state index in [0.29, 0.717) is 6.54 Å². The highest BCUT2D eigenvalue weighted by molar-refractivity contribution is 5.70. The molecule has 3 fully saturated rings. The maximum atomic E-state index is 11.9. The minimum Gasteiger partial charge on any atom is -0.441 e. The van der Waals surface area contributed by atoms with Crippen molar-refractivity contribution in [3.05, 3.63) is 11.8 Å². The lowest BCUT2D eigenvalue weighted by Crippen LogP contribution is -2.35. The minimum absolute atomic E-state index is 0.190. The van der Waals surface area contributed by atoms with E-state index >= 15 is 0 Å². The van der Waals surface area contributed by atoms with Crippen molar-refractivity contribution in [2.24, 2.45) is 0 Å². The summed E-state index contributed by atoms with van der Waals surface area (Å²) in [7, 11) is 1.82. The molecule has 7 heteroatoms. The second-order valence-corrected chi connectivity index (χ2v) is 7.81. The Hall–Kier alpha value is -2.05. The molecule has 0 radical (unpaired) electrons. The third kappa shape index (κ3) is 3.31. The van der Waals surface area contributed by atoms with Crippen LogP contribution in [0.2, 0.25) is 0 Å². The largest absolute Gasteiger partial charge is 0.441 e. The number of ether oxygens (including phenoxy) is 1. The third-order valence-electron chi connectivity index (χ3n) is 5.87. The molecule has 4 rings (SSSR count). The highest BCUT2D eigenvalue weighted by atomic mass is 16.6. The van der Waals surface area contributed by atoms with E-state index in [0.717, 1.165) is 69.3 Å². The van der Waals surface area contributed by atoms with Crippen LogP contribution in [0.4, 0.5) is 16.6 Å². The number of hydrogen-bond donors (Lipinski definition) is 0. The highest BCUT2D eigenvalue weighted by Gasteiger charge is 2.44. The van der Waals surface area contributed by atoms with Gasteiger partial charge in [-0.3, -0.25) is 0 Å². The fraction of sp³-hybridized carbons (Fsp3) is 0.737. The van der Waals surface area contributed by atoms with Crippen molar-refractivity contribution < 1.29 is 9.53 Å². The van der Waals surface area contributed by atoms with Crippen molar-refractivity contribution in [3.63, 3.8) is 0 Å². The first kappa shape index (κ1) is 17.4. The fourth-order valence-corrected chi connectivity index (χ4v) is 4.32. The Morgan fingerprint density at radius 3 is 2.54 bits per heavy atom. The van der Waals surface area contributed by atoms with Crippen LogP contribution in [0.15, 0.2) is 6.07 Å². The van der Waals surface area contributed by atoms with Gasteiger partial charge in [-0.25, -0.2) is 9.78 Å². The van der Waals surface area contributed by atoms with Gasteiger partial charge in [0.25, 0.3) is 0 Å². The molecule has 7 nitrogen and oxygen atoms in total. The van der Waals surface area contributed by atoms with Crippen LogP contribution in [-0.4, -0.2) is 66.3 Å². The highest BCUT2D eigenvalue weighted by Crippen LogP contribution is 2.34. The van der Waals surface area contributed by atoms with Crippen LogP contribution in [0.25, 0.3) is 0 Å². The number of aromatic nitrogens is 2. The Balaban J connectivity index is 1.53. The predicted molar refractivity (Wildman–Crippen MR) is 101 cm³/mol. The molecule has 1 amide bonds. The summed E-state index contributed by atoms with van der Waals surface area (Å²) in [5, 5.41) is 0. The number of rotatable bonds is 3. The number of aryl methyl sites for hydroxylation is 1. The lowest BCUT2D eigenvalue weighted by Gasteiger charge is -2.26. The number of carbonyl (C=O) groups excluding carboxylic acids is 1. The van der Waals surface area contributed by atoms with E-state index in [9.17, 15) is 4.79 Å². The fourth-order valence-electron chi connectivity index (χ4n) is 4.32. The molecule has 1 atom stereocenters. The van der Waals surface area contributed by atoms with Crippen LogP contribution in [0.5, 0.6) is 0 Å². The van der Waals surface area contributed by atoms with Gasteiger partial charge in [0.15, 0.2) is 0 Å². The van der Waals surface area contributed by atoms with Gasteiger partial charge in [0, 0.05) is 51.4 Å². The topological polar surface area (TPSA) is 61.8 Å². The second-order valence-electron chi connectivity index (χ2n) is 7.81. The van der Waals surface area contributed by atoms with Gasteiger partial charge in [-0.1, -0.05) is 6.92 Å². The minimum atomic E-state index is -0.320. The summed E-state index contributed by atoms with van der Waals surface area (Å²) in [5.74, 6) is 1.90. The molecule has 0 aromatic carbocycles. The predicted octanol–water partition coefficient (Wildman–Crippen LogP) is 2.45. The standard InChI is InChI=1S/C19H29N5O2/c1-3-15-13-16(21-17(20-15)24-9-4-5-10-24)23-11-6-7-19(8-12-23)14-22(2)18(25)26-19/h13H,3-12,14H2,1-2H3. The smallest absolute Gasteiger partial charge is 0.410 e. The quantitative estimate of drug-likeness (QED) is 0.826. The van der Waals surface area contributed by atoms with Crippen LogP contribution < -0.4 is 9.80 Å². The second kappa shape index (κ2) is 6.93. The lowest BCUT2D eigenvalue weighted by molar-refractivity contribution is 0.0473. The molecule has 0 aliphatic carbocycles. The summed E-state index contributed by atoms with van der Waals surface area (Å²) in [6.45, 7) is 6.76. The molecule has 1 aromatic rings. The molecule has 3 aliphatic heterocycles. The number of carbonyl (C=O) groups is 1. The van der Waals surface area contributed by atoms with Gasteiger partial charge in [0.1, 0.15) is 11.4 Å². The Morgan fingerprint density at radius 1 is 1.08 bits per heavy atom. The van der Waals surface area contributed by atoms with Crippen LogP contribution in [0.3, 0.4) is 0 Å². The number of nitrogens with zero attached hydrogens (tertiary/aromatic N) is 5. The zero-order valence-electron chi connectivity index (χ0n) is 15.9. The first-order chi connectivity index (χ1) is 12.6. The summed E-state index contributed by atoms with van der Waals surface area (Å²) in [6, 6.07) is 2.13. The van der Waals surface area contributed by atoms with E-state index in [2.05, 4.69) is 22.8 Å². The van der Waals surface area contributed by atoms with Crippen molar-refractivity contribution >= 4 is 17.9 Å². The first-order valence-corrected chi connectivity index (χ1v) is 9.90. The van der Waals surface area contributed by atoms with E-state index in [-0.39, 0.29) is 11.7 Å². The van der Waals surface area contributed by atoms with E-state index in [4.69, 9.17) is 14.7 Å². The molecule has 3 saturated heterocycles. The van der Waals surface area contributed by atoms with E-state index in [1.807, 2.05) is 7.05 Å². The number of anilines is 2. The number of amides is 1. The van der Waals surface area contributed by atoms with Gasteiger partial charge >= 0.3 is 6.09 Å². The number of hydrogen-bond acceptors (Lipinski definition) is 6. The molecule has 4 heterocycles. The van der Waals surface area contributed by atoms with E-state index in [1.165, 1.54) is 12.8 Å². The van der Waals surface area contributed by atoms with Gasteiger partial charge in [0.05, 0.1) is 6.54 Å². The van der Waals surface area contributed by atoms with Crippen LogP contribution in [0, 0.1) is 0 Å². The maximum absolute atomic E-state index is 11.9. The van der Waals surface area contributed by atoms with Crippen molar-refractivity contribution in [2.45, 2.75) is 51.0 Å². The maximum Gasteiger partial charge on any atom is 0.410 e. The Kier molecular flexibility index (Phi) is 4.63. The average Bonchev–Trinajstić information content (AvgIpc) is 3.21. The van der Waals surface area contributed by atoms with Gasteiger partial charge in [-0.05, 0) is 32.1 Å². The van der Waals surface area contributed by atoms with Crippen molar-refractivity contribution in [1.82, 2.24) is 14.9 Å². The molecule has 1 unspecified atom stereocenters. The van der Waals surface area contributed by atoms with Gasteiger partial charge in [0.2, 0.25) is 5.95 Å². The molecule has 142 valence electrons. The van der Waals surface area contributed by atoms with Crippen molar-refractivity contribution in [3.8, 4) is 0 Å². The monoisotopic (exact) mass is 359 g/mol. The average molecular weight is 359 g/mol. The molecule has 3 aliphatic rings. The molecular weight excluding hydrogens is 330 g/mol. The summed E-state index contributed by atoms with van der Waals surface area (Å²) in [4.78, 5) is 27.8. The van der Waals surface area contributed by atoms with Gasteiger partial charge in [-0.15, -0.1) is 0 Å². The Morgan fingerprint density at radius 2 is 1.85 bits per heavy atom. The Bertz CT molecular complexity index is 676. The Labute approximate surface area is 155 Å². The summed E-state index contributed by atoms with van der Waals surface area (Å²) >= 11 is 0. The van der Waals surface area contributed by atoms with Crippen molar-refractivity contribution in [1.29, 1.82) is 0 Å². The van der Waals surface area contributed by atoms with Crippen LogP contribution in [-0.2, 0) is 11.2 Å². The third-order valence-corrected chi connectivity index (χ3v) is 5.87. The van der Waals surface area contributed by atoms with Gasteiger partial charge in [-0.2, -0.15) is 4.98 Å². The van der Waals surface area contributed by atoms with Crippen LogP contribution in [0.1, 0.15) is 44.7 Å². The SMILES string of the molecule is CCc1cc(N2CCCC3(CC2)CN(C)C(=O)O3)nc(N2CCCC2)n1. The lowest BCUT2D eigenvalue weighted by atomic mass is 9.95. The summed E-state index contributed by atoms with van der Waals surface area (Å²) in [5.41, 5.74) is 0.779. The van der Waals surface area contributed by atoms with E-state index < -0.39 is 0 Å². The summed E-state index contributed by atoms with van der Waals surface area (Å²) < 4.78 is 5.74. The zero-order valence-corrected chi connectivity index (χ0v) is 15.9. The van der Waals surface area contributed by atoms with Gasteiger partial charge < -0.3 is 19.4 Å². The van der Waals surface area contributed by atoms with Crippen LogP contribution >= 0.6 is 0 Å². The van der Waals surface area contributed by atoms with E-state index in [1.54, 1.807) is 4.90 Å².